The summed E-state index contributed by atoms with van der Waals surface area (Å²) in [6.07, 6.45) is 0. The van der Waals surface area contributed by atoms with Crippen molar-refractivity contribution in [3.63, 3.8) is 0 Å². The van der Waals surface area contributed by atoms with Crippen LogP contribution in [0.25, 0.3) is 0 Å². The van der Waals surface area contributed by atoms with Gasteiger partial charge in [-0.25, -0.2) is 0 Å². The highest BCUT2D eigenvalue weighted by atomic mass is 16.5. The number of hydrogen-bond donors (Lipinski definition) is 1. The highest BCUT2D eigenvalue weighted by Crippen LogP contribution is 2.19. The Bertz CT molecular complexity index is 262. The molecule has 0 aliphatic carbocycles. The van der Waals surface area contributed by atoms with E-state index in [-0.39, 0.29) is 0 Å². The molecular weight excluding hydrogens is 168 g/mol. The van der Waals surface area contributed by atoms with E-state index in [2.05, 4.69) is 22.4 Å². The number of anilines is 1. The Labute approximate surface area is 77.1 Å². The van der Waals surface area contributed by atoms with Crippen LogP contribution < -0.4 is 10.2 Å². The van der Waals surface area contributed by atoms with Gasteiger partial charge in [0.05, 0.1) is 5.92 Å². The van der Waals surface area contributed by atoms with Gasteiger partial charge in [0.1, 0.15) is 0 Å². The van der Waals surface area contributed by atoms with Crippen LogP contribution in [0.3, 0.4) is 0 Å². The largest absolute Gasteiger partial charge is 0.342 e. The van der Waals surface area contributed by atoms with Gasteiger partial charge in [-0.1, -0.05) is 0 Å². The van der Waals surface area contributed by atoms with Crippen molar-refractivity contribution in [2.45, 2.75) is 12.8 Å². The summed E-state index contributed by atoms with van der Waals surface area (Å²) in [5, 5.41) is 7.07. The predicted molar refractivity (Wildman–Crippen MR) is 48.9 cm³/mol. The van der Waals surface area contributed by atoms with Crippen molar-refractivity contribution in [1.82, 2.24) is 15.5 Å². The summed E-state index contributed by atoms with van der Waals surface area (Å²) < 4.78 is 5.15. The number of aromatic nitrogens is 2. The molecule has 0 unspecified atom stereocenters. The number of hydrogen-bond acceptors (Lipinski definition) is 5. The third-order valence-corrected chi connectivity index (χ3v) is 2.38. The van der Waals surface area contributed by atoms with Crippen LogP contribution in [0.1, 0.15) is 18.7 Å². The van der Waals surface area contributed by atoms with Crippen LogP contribution >= 0.6 is 0 Å². The molecule has 2 rings (SSSR count). The molecule has 1 saturated heterocycles. The molecule has 1 aliphatic rings. The molecule has 72 valence electrons. The van der Waals surface area contributed by atoms with Gasteiger partial charge in [-0.15, -0.1) is 0 Å². The zero-order chi connectivity index (χ0) is 9.26. The number of nitrogens with zero attached hydrogens (tertiary/aromatic N) is 3. The molecule has 0 atom stereocenters. The summed E-state index contributed by atoms with van der Waals surface area (Å²) in [4.78, 5) is 6.27. The Kier molecular flexibility index (Phi) is 2.18. The SMILES string of the molecule is CCN(C)c1noc(C2CNC2)n1. The van der Waals surface area contributed by atoms with Crippen molar-refractivity contribution in [2.75, 3.05) is 31.6 Å². The van der Waals surface area contributed by atoms with Crippen molar-refractivity contribution >= 4 is 5.95 Å². The molecule has 1 N–H and O–H groups in total. The van der Waals surface area contributed by atoms with E-state index < -0.39 is 0 Å². The van der Waals surface area contributed by atoms with E-state index in [1.165, 1.54) is 0 Å². The van der Waals surface area contributed by atoms with Gasteiger partial charge >= 0.3 is 0 Å². The Morgan fingerprint density at radius 2 is 2.38 bits per heavy atom. The lowest BCUT2D eigenvalue weighted by molar-refractivity contribution is 0.308. The summed E-state index contributed by atoms with van der Waals surface area (Å²) in [5.41, 5.74) is 0. The van der Waals surface area contributed by atoms with Crippen LogP contribution in [0.4, 0.5) is 5.95 Å². The van der Waals surface area contributed by atoms with Crippen molar-refractivity contribution in [1.29, 1.82) is 0 Å². The molecule has 1 aliphatic heterocycles. The van der Waals surface area contributed by atoms with E-state index in [1.807, 2.05) is 11.9 Å². The van der Waals surface area contributed by atoms with E-state index in [0.717, 1.165) is 25.5 Å². The maximum atomic E-state index is 5.15. The topological polar surface area (TPSA) is 54.2 Å². The highest BCUT2D eigenvalue weighted by Gasteiger charge is 2.25. The third-order valence-electron chi connectivity index (χ3n) is 2.38. The monoisotopic (exact) mass is 182 g/mol. The average Bonchev–Trinajstić information content (AvgIpc) is 2.49. The fraction of sp³-hybridized carbons (Fsp3) is 0.750. The average molecular weight is 182 g/mol. The first-order valence-electron chi connectivity index (χ1n) is 4.56. The lowest BCUT2D eigenvalue weighted by Crippen LogP contribution is -2.40. The normalized spacial score (nSPS) is 17.1. The van der Waals surface area contributed by atoms with Crippen LogP contribution in [0.15, 0.2) is 4.52 Å². The maximum absolute atomic E-state index is 5.15. The fourth-order valence-electron chi connectivity index (χ4n) is 1.15. The lowest BCUT2D eigenvalue weighted by Gasteiger charge is -2.22. The summed E-state index contributed by atoms with van der Waals surface area (Å²) in [6.45, 7) is 4.86. The van der Waals surface area contributed by atoms with Crippen LogP contribution in [0.5, 0.6) is 0 Å². The van der Waals surface area contributed by atoms with Gasteiger partial charge in [-0.05, 0) is 12.1 Å². The fourth-order valence-corrected chi connectivity index (χ4v) is 1.15. The lowest BCUT2D eigenvalue weighted by atomic mass is 10.0. The molecule has 13 heavy (non-hydrogen) atoms. The van der Waals surface area contributed by atoms with E-state index in [0.29, 0.717) is 11.9 Å². The molecule has 1 aromatic heterocycles. The molecule has 0 spiro atoms. The van der Waals surface area contributed by atoms with E-state index in [4.69, 9.17) is 4.52 Å². The Morgan fingerprint density at radius 1 is 1.62 bits per heavy atom. The molecule has 0 amide bonds. The second-order valence-electron chi connectivity index (χ2n) is 3.30. The molecule has 1 fully saturated rings. The van der Waals surface area contributed by atoms with Crippen molar-refractivity contribution < 1.29 is 4.52 Å². The molecule has 0 radical (unpaired) electrons. The Balaban J connectivity index is 2.08. The van der Waals surface area contributed by atoms with E-state index >= 15 is 0 Å². The van der Waals surface area contributed by atoms with Crippen LogP contribution in [-0.2, 0) is 0 Å². The molecule has 2 heterocycles. The third kappa shape index (κ3) is 1.51. The smallest absolute Gasteiger partial charge is 0.265 e. The second kappa shape index (κ2) is 3.33. The molecular formula is C8H14N4O. The van der Waals surface area contributed by atoms with Crippen LogP contribution in [0, 0.1) is 0 Å². The summed E-state index contributed by atoms with van der Waals surface area (Å²) in [5.74, 6) is 1.87. The molecule has 0 aromatic carbocycles. The first-order valence-corrected chi connectivity index (χ1v) is 4.56. The highest BCUT2D eigenvalue weighted by molar-refractivity contribution is 5.26. The predicted octanol–water partition coefficient (Wildman–Crippen LogP) is 0.212. The van der Waals surface area contributed by atoms with Gasteiger partial charge in [0.25, 0.3) is 5.95 Å². The zero-order valence-electron chi connectivity index (χ0n) is 7.95. The van der Waals surface area contributed by atoms with Gasteiger partial charge in [0.2, 0.25) is 5.89 Å². The van der Waals surface area contributed by atoms with E-state index in [1.54, 1.807) is 0 Å². The second-order valence-corrected chi connectivity index (χ2v) is 3.30. The first-order chi connectivity index (χ1) is 6.31. The summed E-state index contributed by atoms with van der Waals surface area (Å²) >= 11 is 0. The van der Waals surface area contributed by atoms with Gasteiger partial charge in [0, 0.05) is 26.7 Å². The summed E-state index contributed by atoms with van der Waals surface area (Å²) in [7, 11) is 1.95. The van der Waals surface area contributed by atoms with E-state index in [9.17, 15) is 0 Å². The van der Waals surface area contributed by atoms with Gasteiger partial charge in [-0.2, -0.15) is 4.98 Å². The minimum atomic E-state index is 0.423. The molecule has 5 heteroatoms. The minimum absolute atomic E-state index is 0.423. The molecule has 5 nitrogen and oxygen atoms in total. The standard InChI is InChI=1S/C8H14N4O/c1-3-12(2)8-10-7(13-11-8)6-4-9-5-6/h6,9H,3-5H2,1-2H3. The quantitative estimate of drug-likeness (QED) is 0.724. The number of nitrogens with one attached hydrogen (secondary N) is 1. The van der Waals surface area contributed by atoms with Crippen molar-refractivity contribution in [3.05, 3.63) is 5.89 Å². The maximum Gasteiger partial charge on any atom is 0.265 e. The van der Waals surface area contributed by atoms with Gasteiger partial charge in [0.15, 0.2) is 0 Å². The number of rotatable bonds is 3. The minimum Gasteiger partial charge on any atom is -0.342 e. The summed E-state index contributed by atoms with van der Waals surface area (Å²) in [6, 6.07) is 0. The molecule has 0 saturated carbocycles. The van der Waals surface area contributed by atoms with Crippen molar-refractivity contribution in [2.24, 2.45) is 0 Å². The molecule has 0 bridgehead atoms. The van der Waals surface area contributed by atoms with Crippen molar-refractivity contribution in [3.8, 4) is 0 Å². The van der Waals surface area contributed by atoms with Crippen LogP contribution in [0.2, 0.25) is 0 Å². The first kappa shape index (κ1) is 8.50. The van der Waals surface area contributed by atoms with Gasteiger partial charge in [-0.3, -0.25) is 0 Å². The Morgan fingerprint density at radius 3 is 2.92 bits per heavy atom. The van der Waals surface area contributed by atoms with Crippen LogP contribution in [-0.4, -0.2) is 36.8 Å². The molecule has 1 aromatic rings. The zero-order valence-corrected chi connectivity index (χ0v) is 7.95. The Hall–Kier alpha value is -1.10. The van der Waals surface area contributed by atoms with Gasteiger partial charge < -0.3 is 14.7 Å².